The van der Waals surface area contributed by atoms with E-state index in [0.29, 0.717) is 5.75 Å². The van der Waals surface area contributed by atoms with Crippen molar-refractivity contribution in [1.29, 1.82) is 0 Å². The second kappa shape index (κ2) is 7.64. The summed E-state index contributed by atoms with van der Waals surface area (Å²) < 4.78 is 31.5. The zero-order valence-corrected chi connectivity index (χ0v) is 13.1. The summed E-state index contributed by atoms with van der Waals surface area (Å²) in [5.41, 5.74) is 1.47. The minimum atomic E-state index is -3.39. The number of ether oxygens (including phenoxy) is 1. The van der Waals surface area contributed by atoms with E-state index in [9.17, 15) is 8.42 Å². The van der Waals surface area contributed by atoms with Crippen molar-refractivity contribution in [1.82, 2.24) is 4.72 Å². The van der Waals surface area contributed by atoms with Crippen LogP contribution in [0.1, 0.15) is 11.1 Å². The molecule has 2 aromatic rings. The van der Waals surface area contributed by atoms with E-state index in [1.807, 2.05) is 42.5 Å². The first-order valence-electron chi connectivity index (χ1n) is 6.74. The van der Waals surface area contributed by atoms with Gasteiger partial charge in [0.1, 0.15) is 5.75 Å². The Morgan fingerprint density at radius 3 is 2.45 bits per heavy atom. The van der Waals surface area contributed by atoms with E-state index in [1.54, 1.807) is 19.2 Å². The third-order valence-electron chi connectivity index (χ3n) is 2.91. The SMILES string of the molecule is COc1ccccc1C#CCNS(=O)(=O)Cc1ccccc1. The highest BCUT2D eigenvalue weighted by molar-refractivity contribution is 7.88. The van der Waals surface area contributed by atoms with Gasteiger partial charge in [0.25, 0.3) is 0 Å². The summed E-state index contributed by atoms with van der Waals surface area (Å²) in [6.07, 6.45) is 0. The molecule has 0 bridgehead atoms. The van der Waals surface area contributed by atoms with Crippen LogP contribution in [0.5, 0.6) is 5.75 Å². The highest BCUT2D eigenvalue weighted by atomic mass is 32.2. The van der Waals surface area contributed by atoms with Crippen LogP contribution in [-0.4, -0.2) is 22.1 Å². The van der Waals surface area contributed by atoms with Crippen LogP contribution < -0.4 is 9.46 Å². The van der Waals surface area contributed by atoms with E-state index >= 15 is 0 Å². The summed E-state index contributed by atoms with van der Waals surface area (Å²) in [5.74, 6) is 6.31. The summed E-state index contributed by atoms with van der Waals surface area (Å²) >= 11 is 0. The van der Waals surface area contributed by atoms with Gasteiger partial charge in [-0.3, -0.25) is 0 Å². The summed E-state index contributed by atoms with van der Waals surface area (Å²) in [5, 5.41) is 0. The van der Waals surface area contributed by atoms with Crippen molar-refractivity contribution >= 4 is 10.0 Å². The molecule has 0 saturated carbocycles. The van der Waals surface area contributed by atoms with Crippen LogP contribution in [0.25, 0.3) is 0 Å². The number of benzene rings is 2. The minimum Gasteiger partial charge on any atom is -0.495 e. The molecule has 114 valence electrons. The topological polar surface area (TPSA) is 55.4 Å². The predicted octanol–water partition coefficient (Wildman–Crippen LogP) is 2.17. The van der Waals surface area contributed by atoms with E-state index in [2.05, 4.69) is 16.6 Å². The molecule has 0 saturated heterocycles. The molecular formula is C17H17NO3S. The molecule has 0 heterocycles. The third kappa shape index (κ3) is 4.92. The van der Waals surface area contributed by atoms with Gasteiger partial charge in [0.05, 0.1) is 25.0 Å². The monoisotopic (exact) mass is 315 g/mol. The van der Waals surface area contributed by atoms with Crippen LogP contribution in [0.4, 0.5) is 0 Å². The van der Waals surface area contributed by atoms with Gasteiger partial charge in [0.15, 0.2) is 0 Å². The van der Waals surface area contributed by atoms with Gasteiger partial charge in [-0.2, -0.15) is 0 Å². The van der Waals surface area contributed by atoms with Gasteiger partial charge in [-0.15, -0.1) is 0 Å². The molecule has 0 spiro atoms. The number of para-hydroxylation sites is 1. The highest BCUT2D eigenvalue weighted by Crippen LogP contribution is 2.15. The van der Waals surface area contributed by atoms with E-state index in [-0.39, 0.29) is 12.3 Å². The molecule has 0 fully saturated rings. The smallest absolute Gasteiger partial charge is 0.216 e. The predicted molar refractivity (Wildman–Crippen MR) is 86.9 cm³/mol. The molecule has 0 aliphatic heterocycles. The van der Waals surface area contributed by atoms with Gasteiger partial charge >= 0.3 is 0 Å². The molecule has 2 rings (SSSR count). The molecule has 2 aromatic carbocycles. The number of hydrogen-bond acceptors (Lipinski definition) is 3. The number of sulfonamides is 1. The molecule has 1 N–H and O–H groups in total. The summed E-state index contributed by atoms with van der Waals surface area (Å²) in [6, 6.07) is 16.4. The molecule has 0 aromatic heterocycles. The number of methoxy groups -OCH3 is 1. The van der Waals surface area contributed by atoms with Gasteiger partial charge in [0.2, 0.25) is 10.0 Å². The van der Waals surface area contributed by atoms with Crippen LogP contribution >= 0.6 is 0 Å². The lowest BCUT2D eigenvalue weighted by molar-refractivity contribution is 0.413. The molecule has 22 heavy (non-hydrogen) atoms. The standard InChI is InChI=1S/C17H17NO3S/c1-21-17-12-6-5-10-16(17)11-7-13-18-22(19,20)14-15-8-3-2-4-9-15/h2-6,8-10,12,18H,13-14H2,1H3. The van der Waals surface area contributed by atoms with Crippen molar-refractivity contribution in [2.24, 2.45) is 0 Å². The average molecular weight is 315 g/mol. The fourth-order valence-corrected chi connectivity index (χ4v) is 2.90. The van der Waals surface area contributed by atoms with E-state index in [1.165, 1.54) is 0 Å². The Morgan fingerprint density at radius 1 is 1.05 bits per heavy atom. The quantitative estimate of drug-likeness (QED) is 0.860. The van der Waals surface area contributed by atoms with E-state index < -0.39 is 10.0 Å². The fraction of sp³-hybridized carbons (Fsp3) is 0.176. The summed E-state index contributed by atoms with van der Waals surface area (Å²) in [7, 11) is -1.82. The van der Waals surface area contributed by atoms with Gasteiger partial charge in [0, 0.05) is 0 Å². The molecule has 0 atom stereocenters. The van der Waals surface area contributed by atoms with E-state index in [4.69, 9.17) is 4.74 Å². The molecular weight excluding hydrogens is 298 g/mol. The maximum Gasteiger partial charge on any atom is 0.216 e. The molecule has 0 aliphatic rings. The first-order chi connectivity index (χ1) is 10.6. The lowest BCUT2D eigenvalue weighted by Crippen LogP contribution is -2.25. The zero-order valence-electron chi connectivity index (χ0n) is 12.2. The second-order valence-corrected chi connectivity index (χ2v) is 6.37. The van der Waals surface area contributed by atoms with Crippen LogP contribution in [0.15, 0.2) is 54.6 Å². The van der Waals surface area contributed by atoms with Gasteiger partial charge in [-0.05, 0) is 17.7 Å². The number of hydrogen-bond donors (Lipinski definition) is 1. The number of nitrogens with one attached hydrogen (secondary N) is 1. The Bertz CT molecular complexity index is 774. The van der Waals surface area contributed by atoms with Crippen molar-refractivity contribution in [3.8, 4) is 17.6 Å². The number of rotatable bonds is 5. The Morgan fingerprint density at radius 2 is 1.73 bits per heavy atom. The first kappa shape index (κ1) is 16.1. The molecule has 0 amide bonds. The van der Waals surface area contributed by atoms with Crippen LogP contribution in [-0.2, 0) is 15.8 Å². The van der Waals surface area contributed by atoms with Gasteiger partial charge in [-0.1, -0.05) is 54.3 Å². The Hall–Kier alpha value is -2.29. The average Bonchev–Trinajstić information content (AvgIpc) is 2.52. The summed E-state index contributed by atoms with van der Waals surface area (Å²) in [4.78, 5) is 0. The largest absolute Gasteiger partial charge is 0.495 e. The molecule has 5 heteroatoms. The molecule has 0 aliphatic carbocycles. The first-order valence-corrected chi connectivity index (χ1v) is 8.39. The fourth-order valence-electron chi connectivity index (χ4n) is 1.88. The van der Waals surface area contributed by atoms with Crippen molar-refractivity contribution < 1.29 is 13.2 Å². The van der Waals surface area contributed by atoms with E-state index in [0.717, 1.165) is 11.1 Å². The maximum atomic E-state index is 11.9. The van der Waals surface area contributed by atoms with Crippen LogP contribution in [0.2, 0.25) is 0 Å². The molecule has 0 unspecified atom stereocenters. The second-order valence-electron chi connectivity index (χ2n) is 4.57. The van der Waals surface area contributed by atoms with Crippen molar-refractivity contribution in [2.45, 2.75) is 5.75 Å². The lowest BCUT2D eigenvalue weighted by Gasteiger charge is -2.04. The van der Waals surface area contributed by atoms with Gasteiger partial charge < -0.3 is 4.74 Å². The highest BCUT2D eigenvalue weighted by Gasteiger charge is 2.09. The molecule has 0 radical (unpaired) electrons. The summed E-state index contributed by atoms with van der Waals surface area (Å²) in [6.45, 7) is 0.0627. The van der Waals surface area contributed by atoms with Crippen LogP contribution in [0, 0.1) is 11.8 Å². The van der Waals surface area contributed by atoms with Crippen LogP contribution in [0.3, 0.4) is 0 Å². The zero-order chi connectivity index (χ0) is 15.8. The van der Waals surface area contributed by atoms with Crippen molar-refractivity contribution in [3.05, 3.63) is 65.7 Å². The Labute approximate surface area is 131 Å². The third-order valence-corrected chi connectivity index (χ3v) is 4.21. The lowest BCUT2D eigenvalue weighted by atomic mass is 10.2. The minimum absolute atomic E-state index is 0.0514. The van der Waals surface area contributed by atoms with Gasteiger partial charge in [-0.25, -0.2) is 13.1 Å². The van der Waals surface area contributed by atoms with Crippen molar-refractivity contribution in [2.75, 3.05) is 13.7 Å². The van der Waals surface area contributed by atoms with Crippen molar-refractivity contribution in [3.63, 3.8) is 0 Å². The molecule has 4 nitrogen and oxygen atoms in total. The normalized spacial score (nSPS) is 10.6. The Balaban J connectivity index is 1.95. The maximum absolute atomic E-state index is 11.9. The Kier molecular flexibility index (Phi) is 5.59.